The van der Waals surface area contributed by atoms with Crippen molar-refractivity contribution in [3.05, 3.63) is 74.8 Å². The van der Waals surface area contributed by atoms with Crippen LogP contribution in [0.4, 0.5) is 0 Å². The van der Waals surface area contributed by atoms with Crippen LogP contribution in [-0.2, 0) is 29.0 Å². The topological polar surface area (TPSA) is 117 Å². The van der Waals surface area contributed by atoms with Crippen molar-refractivity contribution in [2.75, 3.05) is 41.1 Å². The molecule has 3 aromatic rings. The van der Waals surface area contributed by atoms with Gasteiger partial charge in [0.15, 0.2) is 28.8 Å². The molecule has 0 aliphatic carbocycles. The van der Waals surface area contributed by atoms with E-state index in [0.717, 1.165) is 18.5 Å². The maximum atomic E-state index is 12.9. The first kappa shape index (κ1) is 26.4. The van der Waals surface area contributed by atoms with E-state index in [9.17, 15) is 14.7 Å². The average molecular weight is 538 g/mol. The second kappa shape index (κ2) is 11.3. The van der Waals surface area contributed by atoms with Gasteiger partial charge in [0.1, 0.15) is 19.0 Å². The van der Waals surface area contributed by atoms with Crippen molar-refractivity contribution < 1.29 is 38.0 Å². The van der Waals surface area contributed by atoms with Crippen molar-refractivity contribution in [2.45, 2.75) is 31.8 Å². The lowest BCUT2D eigenvalue weighted by molar-refractivity contribution is -0.140. The van der Waals surface area contributed by atoms with Gasteiger partial charge in [0.05, 0.1) is 40.2 Å². The molecule has 2 aliphatic rings. The van der Waals surface area contributed by atoms with Crippen LogP contribution in [0.2, 0.25) is 0 Å². The smallest absolute Gasteiger partial charge is 0.306 e. The van der Waals surface area contributed by atoms with Crippen molar-refractivity contribution in [1.29, 1.82) is 0 Å². The van der Waals surface area contributed by atoms with Crippen LogP contribution in [0.25, 0.3) is 0 Å². The van der Waals surface area contributed by atoms with Crippen LogP contribution in [0, 0.1) is 0 Å². The lowest BCUT2D eigenvalue weighted by atomic mass is 9.91. The van der Waals surface area contributed by atoms with Crippen molar-refractivity contribution in [3.8, 4) is 28.7 Å². The lowest BCUT2D eigenvalue weighted by Gasteiger charge is -2.29. The predicted octanol–water partition coefficient (Wildman–Crippen LogP) is 3.39. The summed E-state index contributed by atoms with van der Waals surface area (Å²) in [5.74, 6) is 0.998. The Bertz CT molecular complexity index is 1430. The van der Waals surface area contributed by atoms with E-state index in [1.165, 1.54) is 18.7 Å². The van der Waals surface area contributed by atoms with Gasteiger partial charge >= 0.3 is 5.97 Å². The highest BCUT2D eigenvalue weighted by Gasteiger charge is 2.29. The van der Waals surface area contributed by atoms with E-state index in [4.69, 9.17) is 28.1 Å². The quantitative estimate of drug-likeness (QED) is 0.429. The Morgan fingerprint density at radius 1 is 1.00 bits per heavy atom. The highest BCUT2D eigenvalue weighted by Crippen LogP contribution is 2.39. The third-order valence-electron chi connectivity index (χ3n) is 7.06. The van der Waals surface area contributed by atoms with Crippen LogP contribution in [0.5, 0.6) is 28.7 Å². The molecule has 3 heterocycles. The molecule has 0 saturated carbocycles. The fraction of sp³-hybridized carbons (Fsp3) is 0.379. The molecule has 206 valence electrons. The average Bonchev–Trinajstić information content (AvgIpc) is 2.96. The first-order chi connectivity index (χ1) is 18.9. The second-order valence-corrected chi connectivity index (χ2v) is 9.46. The molecule has 2 aromatic carbocycles. The van der Waals surface area contributed by atoms with E-state index < -0.39 is 23.1 Å². The number of esters is 1. The van der Waals surface area contributed by atoms with Crippen LogP contribution in [0.15, 0.2) is 45.6 Å². The van der Waals surface area contributed by atoms with Crippen LogP contribution < -0.4 is 24.4 Å². The monoisotopic (exact) mass is 537 g/mol. The fourth-order valence-corrected chi connectivity index (χ4v) is 5.05. The lowest BCUT2D eigenvalue weighted by Crippen LogP contribution is -2.30. The summed E-state index contributed by atoms with van der Waals surface area (Å²) >= 11 is 0. The SMILES string of the molecule is COC(=O)CC(c1ccc2c(c1)OCCO2)c1oc(CN2CCc3cc(OC)c(OC)cc3C2)cc(=O)c1O. The minimum atomic E-state index is -0.778. The summed E-state index contributed by atoms with van der Waals surface area (Å²) in [4.78, 5) is 27.4. The Balaban J connectivity index is 1.45. The molecule has 0 radical (unpaired) electrons. The summed E-state index contributed by atoms with van der Waals surface area (Å²) in [5, 5.41) is 10.8. The summed E-state index contributed by atoms with van der Waals surface area (Å²) in [5.41, 5.74) is 2.31. The summed E-state index contributed by atoms with van der Waals surface area (Å²) in [7, 11) is 4.50. The van der Waals surface area contributed by atoms with E-state index in [0.29, 0.717) is 60.6 Å². The summed E-state index contributed by atoms with van der Waals surface area (Å²) in [6, 6.07) is 10.5. The molecule has 2 aliphatic heterocycles. The zero-order valence-electron chi connectivity index (χ0n) is 22.2. The first-order valence-electron chi connectivity index (χ1n) is 12.7. The summed E-state index contributed by atoms with van der Waals surface area (Å²) in [6.45, 7) is 2.52. The Morgan fingerprint density at radius 3 is 2.44 bits per heavy atom. The van der Waals surface area contributed by atoms with Gasteiger partial charge in [-0.05, 0) is 47.4 Å². The molecule has 0 saturated heterocycles. The molecule has 1 aromatic heterocycles. The molecular weight excluding hydrogens is 506 g/mol. The Morgan fingerprint density at radius 2 is 1.72 bits per heavy atom. The third kappa shape index (κ3) is 5.51. The maximum Gasteiger partial charge on any atom is 0.306 e. The molecule has 10 heteroatoms. The number of hydrogen-bond donors (Lipinski definition) is 1. The Labute approximate surface area is 225 Å². The highest BCUT2D eigenvalue weighted by atomic mass is 16.6. The highest BCUT2D eigenvalue weighted by molar-refractivity contribution is 5.71. The number of carbonyl (C=O) groups excluding carboxylic acids is 1. The summed E-state index contributed by atoms with van der Waals surface area (Å²) in [6.07, 6.45) is 0.641. The number of rotatable bonds is 8. The Kier molecular flexibility index (Phi) is 7.65. The standard InChI is InChI=1S/C29H31NO9/c1-34-24-10-17-6-7-30(15-19(17)12-25(24)35-2)16-20-13-22(31)28(33)29(39-20)21(14-27(32)36-3)18-4-5-23-26(11-18)38-9-8-37-23/h4-5,10-13,21,33H,6-9,14-16H2,1-3H3. The zero-order valence-corrected chi connectivity index (χ0v) is 22.2. The van der Waals surface area contributed by atoms with Crippen molar-refractivity contribution >= 4 is 5.97 Å². The molecule has 0 spiro atoms. The fourth-order valence-electron chi connectivity index (χ4n) is 5.05. The van der Waals surface area contributed by atoms with Crippen molar-refractivity contribution in [1.82, 2.24) is 4.90 Å². The van der Waals surface area contributed by atoms with Gasteiger partial charge in [-0.3, -0.25) is 14.5 Å². The van der Waals surface area contributed by atoms with Gasteiger partial charge in [-0.1, -0.05) is 6.07 Å². The van der Waals surface area contributed by atoms with Crippen molar-refractivity contribution in [2.24, 2.45) is 0 Å². The molecule has 39 heavy (non-hydrogen) atoms. The van der Waals surface area contributed by atoms with E-state index >= 15 is 0 Å². The number of benzene rings is 2. The van der Waals surface area contributed by atoms with Crippen LogP contribution in [-0.4, -0.2) is 57.1 Å². The maximum absolute atomic E-state index is 12.9. The van der Waals surface area contributed by atoms with Gasteiger partial charge in [0.25, 0.3) is 0 Å². The predicted molar refractivity (Wildman–Crippen MR) is 140 cm³/mol. The van der Waals surface area contributed by atoms with Crippen LogP contribution >= 0.6 is 0 Å². The number of ether oxygens (including phenoxy) is 5. The van der Waals surface area contributed by atoms with E-state index in [2.05, 4.69) is 4.90 Å². The van der Waals surface area contributed by atoms with Gasteiger partial charge < -0.3 is 33.2 Å². The first-order valence-corrected chi connectivity index (χ1v) is 12.7. The second-order valence-electron chi connectivity index (χ2n) is 9.46. The van der Waals surface area contributed by atoms with Crippen LogP contribution in [0.3, 0.4) is 0 Å². The number of nitrogens with zero attached hydrogens (tertiary/aromatic N) is 1. The normalized spacial score (nSPS) is 15.3. The van der Waals surface area contributed by atoms with E-state index in [1.54, 1.807) is 32.4 Å². The van der Waals surface area contributed by atoms with Crippen LogP contribution in [0.1, 0.15) is 40.5 Å². The summed E-state index contributed by atoms with van der Waals surface area (Å²) < 4.78 is 33.2. The van der Waals surface area contributed by atoms with Gasteiger partial charge in [-0.2, -0.15) is 0 Å². The number of carbonyl (C=O) groups is 1. The van der Waals surface area contributed by atoms with Crippen molar-refractivity contribution in [3.63, 3.8) is 0 Å². The minimum Gasteiger partial charge on any atom is -0.502 e. The number of aromatic hydroxyl groups is 1. The molecule has 10 nitrogen and oxygen atoms in total. The number of hydrogen-bond acceptors (Lipinski definition) is 10. The molecule has 0 fully saturated rings. The molecule has 0 bridgehead atoms. The van der Waals surface area contributed by atoms with Gasteiger partial charge in [-0.25, -0.2) is 0 Å². The molecule has 1 unspecified atom stereocenters. The van der Waals surface area contributed by atoms with E-state index in [-0.39, 0.29) is 12.2 Å². The van der Waals surface area contributed by atoms with Gasteiger partial charge in [0, 0.05) is 19.2 Å². The largest absolute Gasteiger partial charge is 0.502 e. The molecule has 0 amide bonds. The zero-order chi connectivity index (χ0) is 27.5. The third-order valence-corrected chi connectivity index (χ3v) is 7.06. The molecule has 1 atom stereocenters. The van der Waals surface area contributed by atoms with E-state index in [1.807, 2.05) is 12.1 Å². The number of methoxy groups -OCH3 is 3. The number of fused-ring (bicyclic) bond motifs is 2. The molecule has 5 rings (SSSR count). The minimum absolute atomic E-state index is 0.00314. The molecular formula is C29H31NO9. The Hall–Kier alpha value is -4.18. The van der Waals surface area contributed by atoms with Gasteiger partial charge in [0.2, 0.25) is 11.2 Å². The van der Waals surface area contributed by atoms with Gasteiger partial charge in [-0.15, -0.1) is 0 Å². The molecule has 1 N–H and O–H groups in total.